The van der Waals surface area contributed by atoms with Crippen LogP contribution in [0, 0.1) is 28.4 Å². The molecule has 3 aromatic rings. The van der Waals surface area contributed by atoms with Gasteiger partial charge in [-0.1, -0.05) is 41.4 Å². The summed E-state index contributed by atoms with van der Waals surface area (Å²) in [5.41, 5.74) is 2.20. The summed E-state index contributed by atoms with van der Waals surface area (Å²) in [5, 5.41) is 24.5. The van der Waals surface area contributed by atoms with Crippen LogP contribution in [-0.2, 0) is 0 Å². The molecule has 0 fully saturated rings. The Morgan fingerprint density at radius 3 is 2.44 bits per heavy atom. The number of anilines is 1. The Hall–Kier alpha value is -3.60. The zero-order valence-electron chi connectivity index (χ0n) is 17.1. The molecule has 1 amide bonds. The summed E-state index contributed by atoms with van der Waals surface area (Å²) in [6.07, 6.45) is 0. The van der Waals surface area contributed by atoms with Gasteiger partial charge in [0.25, 0.3) is 5.91 Å². The highest BCUT2D eigenvalue weighted by atomic mass is 35.5. The lowest BCUT2D eigenvalue weighted by Crippen LogP contribution is -2.14. The van der Waals surface area contributed by atoms with E-state index >= 15 is 0 Å². The Balaban J connectivity index is 1.91. The van der Waals surface area contributed by atoms with Crippen molar-refractivity contribution in [3.63, 3.8) is 0 Å². The number of nitro benzene ring substituents is 1. The highest BCUT2D eigenvalue weighted by Crippen LogP contribution is 2.35. The number of halogens is 2. The number of nitriles is 1. The Labute approximate surface area is 194 Å². The number of aryl methyl sites for hydroxylation is 1. The van der Waals surface area contributed by atoms with Gasteiger partial charge in [-0.15, -0.1) is 0 Å². The Morgan fingerprint density at radius 2 is 1.84 bits per heavy atom. The molecular formula is C23H17Cl2N3O4. The topological polar surface area (TPSA) is 105 Å². The molecule has 0 radical (unpaired) electrons. The highest BCUT2D eigenvalue weighted by Gasteiger charge is 2.21. The van der Waals surface area contributed by atoms with Crippen LogP contribution in [0.15, 0.2) is 54.6 Å². The number of nitrogens with zero attached hydrogens (tertiary/aromatic N) is 2. The summed E-state index contributed by atoms with van der Waals surface area (Å²) in [5.74, 6) is -1.11. The third-order valence-corrected chi connectivity index (χ3v) is 5.45. The first kappa shape index (κ1) is 23.1. The summed E-state index contributed by atoms with van der Waals surface area (Å²) in [4.78, 5) is 23.3. The molecule has 0 unspecified atom stereocenters. The van der Waals surface area contributed by atoms with Gasteiger partial charge in [0.2, 0.25) is 0 Å². The number of hydrogen-bond donors (Lipinski definition) is 1. The van der Waals surface area contributed by atoms with Gasteiger partial charge in [-0.05, 0) is 53.9 Å². The average molecular weight is 470 g/mol. The Kier molecular flexibility index (Phi) is 6.98. The number of nitrogens with one attached hydrogen (secondary N) is 1. The first-order valence-electron chi connectivity index (χ1n) is 9.34. The molecule has 0 saturated heterocycles. The second-order valence-corrected chi connectivity index (χ2v) is 7.74. The summed E-state index contributed by atoms with van der Waals surface area (Å²) in [6, 6.07) is 16.4. The van der Waals surface area contributed by atoms with Crippen LogP contribution in [0.5, 0.6) is 5.75 Å². The predicted octanol–water partition coefficient (Wildman–Crippen LogP) is 6.13. The average Bonchev–Trinajstić information content (AvgIpc) is 2.78. The second-order valence-electron chi connectivity index (χ2n) is 6.90. The van der Waals surface area contributed by atoms with E-state index < -0.39 is 16.7 Å². The van der Waals surface area contributed by atoms with Gasteiger partial charge in [0.05, 0.1) is 24.0 Å². The minimum Gasteiger partial charge on any atom is -0.490 e. The number of rotatable bonds is 6. The van der Waals surface area contributed by atoms with Crippen molar-refractivity contribution in [2.75, 3.05) is 12.4 Å². The van der Waals surface area contributed by atoms with Crippen LogP contribution < -0.4 is 10.1 Å². The van der Waals surface area contributed by atoms with Crippen LogP contribution in [0.3, 0.4) is 0 Å². The fraction of sp³-hybridized carbons (Fsp3) is 0.130. The summed E-state index contributed by atoms with van der Waals surface area (Å²) >= 11 is 12.4. The van der Waals surface area contributed by atoms with Crippen LogP contribution in [0.25, 0.3) is 0 Å². The lowest BCUT2D eigenvalue weighted by molar-refractivity contribution is -0.385. The van der Waals surface area contributed by atoms with Crippen LogP contribution in [-0.4, -0.2) is 17.9 Å². The van der Waals surface area contributed by atoms with Crippen LogP contribution >= 0.6 is 23.2 Å². The molecule has 0 spiro atoms. The predicted molar refractivity (Wildman–Crippen MR) is 123 cm³/mol. The van der Waals surface area contributed by atoms with Gasteiger partial charge in [0.15, 0.2) is 5.75 Å². The molecular weight excluding hydrogens is 453 g/mol. The minimum absolute atomic E-state index is 0.0554. The molecule has 0 aliphatic heterocycles. The van der Waals surface area contributed by atoms with Crippen molar-refractivity contribution in [3.05, 3.63) is 97.0 Å². The van der Waals surface area contributed by atoms with Crippen molar-refractivity contribution in [1.82, 2.24) is 0 Å². The number of carbonyl (C=O) groups excluding carboxylic acids is 1. The van der Waals surface area contributed by atoms with Crippen molar-refractivity contribution in [2.45, 2.75) is 12.8 Å². The van der Waals surface area contributed by atoms with E-state index in [9.17, 15) is 20.2 Å². The van der Waals surface area contributed by atoms with Gasteiger partial charge in [0, 0.05) is 27.4 Å². The maximum atomic E-state index is 12.7. The van der Waals surface area contributed by atoms with Crippen LogP contribution in [0.4, 0.5) is 11.4 Å². The molecule has 0 bridgehead atoms. The lowest BCUT2D eigenvalue weighted by atomic mass is 9.91. The monoisotopic (exact) mass is 469 g/mol. The second kappa shape index (κ2) is 9.69. The van der Waals surface area contributed by atoms with Crippen molar-refractivity contribution in [2.24, 2.45) is 0 Å². The molecule has 0 aliphatic rings. The standard InChI is InChI=1S/C23H17Cl2N3O4/c1-13-9-17(18(12-26)14-3-6-16(24)7-4-14)19(25)11-20(13)27-23(29)15-5-8-22(32-2)21(10-15)28(30)31/h3-11,18H,1-2H3,(H,27,29)/t18-/m0/s1. The van der Waals surface area contributed by atoms with E-state index in [-0.39, 0.29) is 17.0 Å². The SMILES string of the molecule is COc1ccc(C(=O)Nc2cc(Cl)c([C@@H](C#N)c3ccc(Cl)cc3)cc2C)cc1[N+](=O)[O-]. The quantitative estimate of drug-likeness (QED) is 0.345. The van der Waals surface area contributed by atoms with Gasteiger partial charge in [-0.25, -0.2) is 0 Å². The van der Waals surface area contributed by atoms with Crippen molar-refractivity contribution < 1.29 is 14.5 Å². The normalized spacial score (nSPS) is 11.3. The van der Waals surface area contributed by atoms with E-state index in [0.717, 1.165) is 11.6 Å². The van der Waals surface area contributed by atoms with E-state index in [2.05, 4.69) is 11.4 Å². The Bertz CT molecular complexity index is 1240. The number of methoxy groups -OCH3 is 1. The van der Waals surface area contributed by atoms with Gasteiger partial charge >= 0.3 is 5.69 Å². The molecule has 1 atom stereocenters. The van der Waals surface area contributed by atoms with Crippen LogP contribution in [0.2, 0.25) is 10.0 Å². The molecule has 3 rings (SSSR count). The molecule has 0 aliphatic carbocycles. The maximum absolute atomic E-state index is 12.7. The first-order valence-corrected chi connectivity index (χ1v) is 10.1. The molecule has 7 nitrogen and oxygen atoms in total. The van der Waals surface area contributed by atoms with E-state index in [4.69, 9.17) is 27.9 Å². The first-order chi connectivity index (χ1) is 15.2. The zero-order valence-corrected chi connectivity index (χ0v) is 18.6. The summed E-state index contributed by atoms with van der Waals surface area (Å²) in [7, 11) is 1.31. The summed E-state index contributed by atoms with van der Waals surface area (Å²) in [6.45, 7) is 1.77. The number of carbonyl (C=O) groups is 1. The molecule has 9 heteroatoms. The third-order valence-electron chi connectivity index (χ3n) is 4.87. The molecule has 0 heterocycles. The molecule has 32 heavy (non-hydrogen) atoms. The number of hydrogen-bond acceptors (Lipinski definition) is 5. The zero-order chi connectivity index (χ0) is 23.4. The van der Waals surface area contributed by atoms with Crippen molar-refractivity contribution in [1.29, 1.82) is 5.26 Å². The van der Waals surface area contributed by atoms with Gasteiger partial charge in [0.1, 0.15) is 0 Å². The fourth-order valence-corrected chi connectivity index (χ4v) is 3.61. The van der Waals surface area contributed by atoms with Crippen molar-refractivity contribution >= 4 is 40.5 Å². The molecule has 162 valence electrons. The molecule has 0 aromatic heterocycles. The van der Waals surface area contributed by atoms with E-state index in [1.54, 1.807) is 43.3 Å². The fourth-order valence-electron chi connectivity index (χ4n) is 3.21. The third kappa shape index (κ3) is 4.83. The smallest absolute Gasteiger partial charge is 0.311 e. The van der Waals surface area contributed by atoms with E-state index in [1.165, 1.54) is 19.2 Å². The number of amides is 1. The largest absolute Gasteiger partial charge is 0.490 e. The van der Waals surface area contributed by atoms with Gasteiger partial charge in [-0.3, -0.25) is 14.9 Å². The van der Waals surface area contributed by atoms with E-state index in [1.807, 2.05) is 0 Å². The summed E-state index contributed by atoms with van der Waals surface area (Å²) < 4.78 is 4.96. The minimum atomic E-state index is -0.620. The molecule has 3 aromatic carbocycles. The number of ether oxygens (including phenoxy) is 1. The number of benzene rings is 3. The highest BCUT2D eigenvalue weighted by molar-refractivity contribution is 6.32. The van der Waals surface area contributed by atoms with Crippen LogP contribution in [0.1, 0.15) is 33.0 Å². The van der Waals surface area contributed by atoms with Gasteiger partial charge < -0.3 is 10.1 Å². The van der Waals surface area contributed by atoms with E-state index in [0.29, 0.717) is 26.9 Å². The Morgan fingerprint density at radius 1 is 1.16 bits per heavy atom. The maximum Gasteiger partial charge on any atom is 0.311 e. The molecule has 1 N–H and O–H groups in total. The number of nitro groups is 1. The molecule has 0 saturated carbocycles. The van der Waals surface area contributed by atoms with Crippen molar-refractivity contribution in [3.8, 4) is 11.8 Å². The lowest BCUT2D eigenvalue weighted by Gasteiger charge is -2.16. The van der Waals surface area contributed by atoms with Gasteiger partial charge in [-0.2, -0.15) is 5.26 Å².